The minimum Gasteiger partial charge on any atom is -0.493 e. The maximum Gasteiger partial charge on any atom is 0.255 e. The highest BCUT2D eigenvalue weighted by atomic mass is 16.5. The lowest BCUT2D eigenvalue weighted by Gasteiger charge is -2.14. The quantitative estimate of drug-likeness (QED) is 0.0639. The molecule has 0 fully saturated rings. The zero-order chi connectivity index (χ0) is 58.1. The third-order valence-electron chi connectivity index (χ3n) is 17.9. The van der Waals surface area contributed by atoms with E-state index in [-0.39, 0.29) is 11.8 Å². The van der Waals surface area contributed by atoms with Crippen molar-refractivity contribution < 1.29 is 14.3 Å². The van der Waals surface area contributed by atoms with E-state index in [1.54, 1.807) is 0 Å². The largest absolute Gasteiger partial charge is 0.493 e. The number of amides is 2. The number of hydrogen-bond donors (Lipinski definition) is 2. The summed E-state index contributed by atoms with van der Waals surface area (Å²) in [6.45, 7) is 8.84. The van der Waals surface area contributed by atoms with Crippen LogP contribution in [0.3, 0.4) is 0 Å². The molecule has 0 bridgehead atoms. The highest BCUT2D eigenvalue weighted by molar-refractivity contribution is 6.00. The van der Waals surface area contributed by atoms with Gasteiger partial charge in [-0.05, 0) is 37.5 Å². The molecule has 1 aromatic rings. The number of benzene rings is 1. The molecular weight excluding hydrogens is 989 g/mol. The summed E-state index contributed by atoms with van der Waals surface area (Å²) in [5.74, 6) is 0.385. The summed E-state index contributed by atoms with van der Waals surface area (Å²) in [4.78, 5) is 26.9. The van der Waals surface area contributed by atoms with Gasteiger partial charge < -0.3 is 15.4 Å². The fraction of sp³-hybridized carbons (Fsp3) is 0.895. The van der Waals surface area contributed by atoms with Crippen molar-refractivity contribution in [3.8, 4) is 5.75 Å². The standard InChI is InChI=1S/C76H144N2O3/c1-4-7-10-13-16-19-22-25-28-31-33-35-37-39-41-43-45-48-51-54-57-60-63-68-77-75(79)72-66-67-73(74(71-72)81-70-65-62-59-56-53-50-47-30-27-24-21-18-15-12-9-6-3)76(80)78-69-64-61-58-55-52-49-46-44-42-40-38-36-34-32-29-26-23-20-17-14-11-8-5-2/h66-67,71H,4-65,68-70H2,1-3H3,(H,77,79)(H,78,80). The number of rotatable bonds is 68. The Hall–Kier alpha value is -2.04. The van der Waals surface area contributed by atoms with E-state index in [1.165, 1.54) is 360 Å². The van der Waals surface area contributed by atoms with Gasteiger partial charge in [0.1, 0.15) is 5.75 Å². The Labute approximate surface area is 508 Å². The van der Waals surface area contributed by atoms with E-state index in [0.29, 0.717) is 36.6 Å². The molecule has 0 aliphatic rings. The lowest BCUT2D eigenvalue weighted by atomic mass is 10.0. The summed E-state index contributed by atoms with van der Waals surface area (Å²) in [5, 5.41) is 6.35. The van der Waals surface area contributed by atoms with Gasteiger partial charge in [0.15, 0.2) is 0 Å². The van der Waals surface area contributed by atoms with E-state index in [9.17, 15) is 9.59 Å². The van der Waals surface area contributed by atoms with Crippen molar-refractivity contribution in [2.45, 2.75) is 419 Å². The Morgan fingerprint density at radius 2 is 0.481 bits per heavy atom. The molecule has 0 unspecified atom stereocenters. The van der Waals surface area contributed by atoms with Crippen LogP contribution in [0.15, 0.2) is 18.2 Å². The summed E-state index contributed by atoms with van der Waals surface area (Å²) in [6, 6.07) is 5.44. The van der Waals surface area contributed by atoms with Crippen molar-refractivity contribution in [2.24, 2.45) is 0 Å². The molecular formula is C76H144N2O3. The molecule has 2 N–H and O–H groups in total. The van der Waals surface area contributed by atoms with Crippen molar-refractivity contribution in [1.29, 1.82) is 0 Å². The zero-order valence-corrected chi connectivity index (χ0v) is 55.4. The first kappa shape index (κ1) is 77.0. The Morgan fingerprint density at radius 3 is 0.728 bits per heavy atom. The minimum atomic E-state index is -0.0900. The molecule has 0 spiro atoms. The molecule has 0 radical (unpaired) electrons. The van der Waals surface area contributed by atoms with Crippen LogP contribution in [-0.2, 0) is 0 Å². The van der Waals surface area contributed by atoms with Crippen LogP contribution in [0.25, 0.3) is 0 Å². The molecule has 476 valence electrons. The van der Waals surface area contributed by atoms with Crippen molar-refractivity contribution in [2.75, 3.05) is 19.7 Å². The molecule has 0 heterocycles. The summed E-state index contributed by atoms with van der Waals surface area (Å²) in [6.07, 6.45) is 84.9. The SMILES string of the molecule is CCCCCCCCCCCCCCCCCCCCCCCCCNC(=O)c1ccc(C(=O)NCCCCCCCCCCCCCCCCCCCCCCCCC)c(OCCCCCCCCCCCCCCCCCC)c1. The van der Waals surface area contributed by atoms with E-state index >= 15 is 0 Å². The third-order valence-corrected chi connectivity index (χ3v) is 17.9. The van der Waals surface area contributed by atoms with Gasteiger partial charge in [0, 0.05) is 18.7 Å². The molecule has 0 saturated carbocycles. The maximum absolute atomic E-state index is 13.6. The average Bonchev–Trinajstić information content (AvgIpc) is 3.48. The number of nitrogens with one attached hydrogen (secondary N) is 2. The molecule has 0 aliphatic carbocycles. The highest BCUT2D eigenvalue weighted by Crippen LogP contribution is 2.24. The van der Waals surface area contributed by atoms with Crippen LogP contribution < -0.4 is 15.4 Å². The van der Waals surface area contributed by atoms with Crippen LogP contribution in [0.2, 0.25) is 0 Å². The zero-order valence-electron chi connectivity index (χ0n) is 55.4. The molecule has 5 nitrogen and oxygen atoms in total. The Bertz CT molecular complexity index is 1410. The number of carbonyl (C=O) groups excluding carboxylic acids is 2. The monoisotopic (exact) mass is 1130 g/mol. The first-order valence-corrected chi connectivity index (χ1v) is 37.5. The summed E-state index contributed by atoms with van der Waals surface area (Å²) >= 11 is 0. The summed E-state index contributed by atoms with van der Waals surface area (Å²) in [7, 11) is 0. The number of ether oxygens (including phenoxy) is 1. The van der Waals surface area contributed by atoms with Crippen LogP contribution in [0, 0.1) is 0 Å². The topological polar surface area (TPSA) is 67.4 Å². The summed E-state index contributed by atoms with van der Waals surface area (Å²) in [5.41, 5.74) is 1.13. The third kappa shape index (κ3) is 55.6. The van der Waals surface area contributed by atoms with Gasteiger partial charge >= 0.3 is 0 Å². The lowest BCUT2D eigenvalue weighted by molar-refractivity contribution is 0.0937. The van der Waals surface area contributed by atoms with E-state index in [4.69, 9.17) is 4.74 Å². The van der Waals surface area contributed by atoms with E-state index in [0.717, 1.165) is 38.5 Å². The van der Waals surface area contributed by atoms with Crippen molar-refractivity contribution in [3.63, 3.8) is 0 Å². The van der Waals surface area contributed by atoms with Gasteiger partial charge in [-0.25, -0.2) is 0 Å². The van der Waals surface area contributed by atoms with Gasteiger partial charge in [0.05, 0.1) is 12.2 Å². The maximum atomic E-state index is 13.6. The first-order valence-electron chi connectivity index (χ1n) is 37.5. The number of hydrogen-bond acceptors (Lipinski definition) is 3. The van der Waals surface area contributed by atoms with Gasteiger partial charge in [-0.2, -0.15) is 0 Å². The fourth-order valence-electron chi connectivity index (χ4n) is 12.2. The Balaban J connectivity index is 2.28. The van der Waals surface area contributed by atoms with Gasteiger partial charge in [0.25, 0.3) is 11.8 Å². The van der Waals surface area contributed by atoms with Gasteiger partial charge in [0.2, 0.25) is 0 Å². The second kappa shape index (κ2) is 65.5. The van der Waals surface area contributed by atoms with Crippen molar-refractivity contribution in [1.82, 2.24) is 10.6 Å². The van der Waals surface area contributed by atoms with Crippen LogP contribution in [-0.4, -0.2) is 31.5 Å². The number of carbonyl (C=O) groups is 2. The minimum absolute atomic E-state index is 0.0713. The molecule has 81 heavy (non-hydrogen) atoms. The molecule has 0 atom stereocenters. The second-order valence-electron chi connectivity index (χ2n) is 25.9. The van der Waals surface area contributed by atoms with Gasteiger partial charge in [-0.3, -0.25) is 9.59 Å². The predicted octanol–water partition coefficient (Wildman–Crippen LogP) is 25.8. The van der Waals surface area contributed by atoms with Gasteiger partial charge in [-0.15, -0.1) is 0 Å². The molecule has 0 aromatic heterocycles. The second-order valence-corrected chi connectivity index (χ2v) is 25.9. The molecule has 0 aliphatic heterocycles. The first-order chi connectivity index (χ1) is 40.1. The predicted molar refractivity (Wildman–Crippen MR) is 360 cm³/mol. The molecule has 1 aromatic carbocycles. The van der Waals surface area contributed by atoms with Gasteiger partial charge in [-0.1, -0.05) is 400 Å². The number of unbranched alkanes of at least 4 members (excludes halogenated alkanes) is 59. The smallest absolute Gasteiger partial charge is 0.255 e. The van der Waals surface area contributed by atoms with E-state index < -0.39 is 0 Å². The fourth-order valence-corrected chi connectivity index (χ4v) is 12.2. The van der Waals surface area contributed by atoms with Crippen LogP contribution in [0.4, 0.5) is 0 Å². The van der Waals surface area contributed by atoms with Crippen LogP contribution in [0.1, 0.15) is 440 Å². The van der Waals surface area contributed by atoms with Crippen molar-refractivity contribution >= 4 is 11.8 Å². The van der Waals surface area contributed by atoms with Crippen LogP contribution >= 0.6 is 0 Å². The molecule has 1 rings (SSSR count). The summed E-state index contributed by atoms with van der Waals surface area (Å²) < 4.78 is 6.34. The van der Waals surface area contributed by atoms with E-state index in [2.05, 4.69) is 31.4 Å². The molecule has 5 heteroatoms. The Morgan fingerprint density at radius 1 is 0.272 bits per heavy atom. The average molecular weight is 1130 g/mol. The normalized spacial score (nSPS) is 11.5. The highest BCUT2D eigenvalue weighted by Gasteiger charge is 2.16. The van der Waals surface area contributed by atoms with Crippen molar-refractivity contribution in [3.05, 3.63) is 29.3 Å². The van der Waals surface area contributed by atoms with Crippen LogP contribution in [0.5, 0.6) is 5.75 Å². The van der Waals surface area contributed by atoms with E-state index in [1.807, 2.05) is 18.2 Å². The lowest BCUT2D eigenvalue weighted by Crippen LogP contribution is -2.26. The molecule has 2 amide bonds. The molecule has 0 saturated heterocycles. The Kier molecular flexibility index (Phi) is 62.2.